The van der Waals surface area contributed by atoms with Gasteiger partial charge in [-0.1, -0.05) is 36.4 Å². The smallest absolute Gasteiger partial charge is 0.339 e. The minimum Gasteiger partial charge on any atom is -0.441 e. The summed E-state index contributed by atoms with van der Waals surface area (Å²) >= 11 is 1.60. The third kappa shape index (κ3) is 3.31. The van der Waals surface area contributed by atoms with Gasteiger partial charge in [-0.3, -0.25) is 9.69 Å². The predicted molar refractivity (Wildman–Crippen MR) is 84.3 cm³/mol. The average molecular weight is 313 g/mol. The van der Waals surface area contributed by atoms with E-state index in [-0.39, 0.29) is 18.0 Å². The molecule has 1 amide bonds. The Morgan fingerprint density at radius 3 is 2.36 bits per heavy atom. The number of esters is 1. The van der Waals surface area contributed by atoms with Gasteiger partial charge >= 0.3 is 5.97 Å². The fourth-order valence-electron chi connectivity index (χ4n) is 2.13. The SMILES string of the molecule is O=C(OCN1C(=O)CC1Sc1ccccc1)c1ccccc1. The summed E-state index contributed by atoms with van der Waals surface area (Å²) in [6, 6.07) is 18.7. The van der Waals surface area contributed by atoms with Crippen molar-refractivity contribution in [3.05, 3.63) is 66.2 Å². The van der Waals surface area contributed by atoms with Crippen molar-refractivity contribution in [2.45, 2.75) is 16.7 Å². The Kier molecular flexibility index (Phi) is 4.44. The first-order valence-electron chi connectivity index (χ1n) is 6.97. The molecule has 0 aliphatic carbocycles. The molecule has 1 saturated heterocycles. The van der Waals surface area contributed by atoms with Crippen LogP contribution in [0.25, 0.3) is 0 Å². The Balaban J connectivity index is 1.55. The van der Waals surface area contributed by atoms with Crippen LogP contribution < -0.4 is 0 Å². The second-order valence-electron chi connectivity index (χ2n) is 4.88. The molecule has 1 aliphatic rings. The van der Waals surface area contributed by atoms with Gasteiger partial charge in [-0.25, -0.2) is 4.79 Å². The second kappa shape index (κ2) is 6.66. The number of hydrogen-bond donors (Lipinski definition) is 0. The fourth-order valence-corrected chi connectivity index (χ4v) is 3.29. The molecule has 2 aromatic rings. The normalized spacial score (nSPS) is 17.0. The van der Waals surface area contributed by atoms with Crippen LogP contribution in [0.4, 0.5) is 0 Å². The molecule has 1 atom stereocenters. The van der Waals surface area contributed by atoms with Crippen molar-refractivity contribution in [3.8, 4) is 0 Å². The van der Waals surface area contributed by atoms with Crippen molar-refractivity contribution >= 4 is 23.6 Å². The molecule has 0 saturated carbocycles. The first kappa shape index (κ1) is 14.7. The summed E-state index contributed by atoms with van der Waals surface area (Å²) in [6.07, 6.45) is 0.475. The molecule has 1 fully saturated rings. The van der Waals surface area contributed by atoms with Gasteiger partial charge in [0.05, 0.1) is 17.4 Å². The van der Waals surface area contributed by atoms with E-state index in [9.17, 15) is 9.59 Å². The minimum absolute atomic E-state index is 0.00292. The fraction of sp³-hybridized carbons (Fsp3) is 0.176. The van der Waals surface area contributed by atoms with E-state index in [0.717, 1.165) is 4.90 Å². The molecule has 0 spiro atoms. The first-order chi connectivity index (χ1) is 10.7. The number of likely N-dealkylation sites (tertiary alicyclic amines) is 1. The number of rotatable bonds is 5. The molecule has 0 bridgehead atoms. The van der Waals surface area contributed by atoms with Crippen LogP contribution in [0, 0.1) is 0 Å². The Bertz CT molecular complexity index is 660. The van der Waals surface area contributed by atoms with Crippen molar-refractivity contribution < 1.29 is 14.3 Å². The van der Waals surface area contributed by atoms with Crippen LogP contribution in [0.3, 0.4) is 0 Å². The van der Waals surface area contributed by atoms with Crippen LogP contribution in [0.1, 0.15) is 16.8 Å². The van der Waals surface area contributed by atoms with Crippen molar-refractivity contribution in [2.24, 2.45) is 0 Å². The lowest BCUT2D eigenvalue weighted by Gasteiger charge is -2.38. The van der Waals surface area contributed by atoms with Gasteiger partial charge in [-0.2, -0.15) is 0 Å². The lowest BCUT2D eigenvalue weighted by atomic mass is 10.2. The van der Waals surface area contributed by atoms with E-state index in [2.05, 4.69) is 0 Å². The number of benzene rings is 2. The van der Waals surface area contributed by atoms with E-state index in [1.54, 1.807) is 40.9 Å². The van der Waals surface area contributed by atoms with Gasteiger partial charge in [0, 0.05) is 4.90 Å². The molecular formula is C17H15NO3S. The van der Waals surface area contributed by atoms with E-state index in [0.29, 0.717) is 12.0 Å². The highest BCUT2D eigenvalue weighted by Gasteiger charge is 2.37. The molecule has 0 aromatic heterocycles. The lowest BCUT2D eigenvalue weighted by molar-refractivity contribution is -0.146. The number of carbonyl (C=O) groups is 2. The van der Waals surface area contributed by atoms with Gasteiger partial charge in [0.25, 0.3) is 0 Å². The van der Waals surface area contributed by atoms with Crippen molar-refractivity contribution in [1.29, 1.82) is 0 Å². The summed E-state index contributed by atoms with van der Waals surface area (Å²) < 4.78 is 5.22. The number of β-lactam (4-membered cyclic amide) rings is 1. The Morgan fingerprint density at radius 2 is 1.73 bits per heavy atom. The van der Waals surface area contributed by atoms with Crippen LogP contribution >= 0.6 is 11.8 Å². The van der Waals surface area contributed by atoms with Gasteiger partial charge < -0.3 is 4.74 Å². The highest BCUT2D eigenvalue weighted by Crippen LogP contribution is 2.34. The van der Waals surface area contributed by atoms with Crippen LogP contribution in [0.5, 0.6) is 0 Å². The number of carbonyl (C=O) groups excluding carboxylic acids is 2. The lowest BCUT2D eigenvalue weighted by Crippen LogP contribution is -2.51. The number of amides is 1. The molecule has 0 N–H and O–H groups in total. The first-order valence-corrected chi connectivity index (χ1v) is 7.85. The number of hydrogen-bond acceptors (Lipinski definition) is 4. The number of ether oxygens (including phenoxy) is 1. The standard InChI is InChI=1S/C17H15NO3S/c19-15-11-16(22-14-9-5-2-6-10-14)18(15)12-21-17(20)13-7-3-1-4-8-13/h1-10,16H,11-12H2. The monoisotopic (exact) mass is 313 g/mol. The summed E-state index contributed by atoms with van der Waals surface area (Å²) in [5, 5.41) is 0.0264. The Labute approximate surface area is 133 Å². The van der Waals surface area contributed by atoms with Crippen molar-refractivity contribution in [3.63, 3.8) is 0 Å². The average Bonchev–Trinajstić information content (AvgIpc) is 2.56. The van der Waals surface area contributed by atoms with Gasteiger partial charge in [0.1, 0.15) is 0 Å². The van der Waals surface area contributed by atoms with E-state index >= 15 is 0 Å². The third-order valence-corrected chi connectivity index (χ3v) is 4.61. The molecule has 3 rings (SSSR count). The topological polar surface area (TPSA) is 46.6 Å². The summed E-state index contributed by atoms with van der Waals surface area (Å²) in [7, 11) is 0. The maximum Gasteiger partial charge on any atom is 0.339 e. The molecule has 5 heteroatoms. The molecule has 1 aliphatic heterocycles. The molecule has 1 unspecified atom stereocenters. The summed E-state index contributed by atoms with van der Waals surface area (Å²) in [4.78, 5) is 26.3. The molecular weight excluding hydrogens is 298 g/mol. The molecule has 1 heterocycles. The van der Waals surface area contributed by atoms with E-state index in [4.69, 9.17) is 4.74 Å². The molecule has 4 nitrogen and oxygen atoms in total. The van der Waals surface area contributed by atoms with Gasteiger partial charge in [-0.15, -0.1) is 11.8 Å². The van der Waals surface area contributed by atoms with Crippen LogP contribution in [-0.4, -0.2) is 28.9 Å². The highest BCUT2D eigenvalue weighted by molar-refractivity contribution is 8.00. The minimum atomic E-state index is -0.413. The third-order valence-electron chi connectivity index (χ3n) is 3.38. The number of nitrogens with zero attached hydrogens (tertiary/aromatic N) is 1. The quantitative estimate of drug-likeness (QED) is 0.628. The number of thioether (sulfide) groups is 1. The largest absolute Gasteiger partial charge is 0.441 e. The molecule has 2 aromatic carbocycles. The summed E-state index contributed by atoms with van der Waals surface area (Å²) in [5.41, 5.74) is 0.489. The maximum absolute atomic E-state index is 11.9. The second-order valence-corrected chi connectivity index (χ2v) is 6.13. The summed E-state index contributed by atoms with van der Waals surface area (Å²) in [6.45, 7) is -0.00292. The molecule has 22 heavy (non-hydrogen) atoms. The van der Waals surface area contributed by atoms with Crippen LogP contribution in [0.15, 0.2) is 65.6 Å². The van der Waals surface area contributed by atoms with Crippen molar-refractivity contribution in [2.75, 3.05) is 6.73 Å². The van der Waals surface area contributed by atoms with E-state index in [1.165, 1.54) is 0 Å². The van der Waals surface area contributed by atoms with Gasteiger partial charge in [0.15, 0.2) is 6.73 Å². The predicted octanol–water partition coefficient (Wildman–Crippen LogP) is 3.15. The molecule has 0 radical (unpaired) electrons. The van der Waals surface area contributed by atoms with Crippen LogP contribution in [-0.2, 0) is 9.53 Å². The Morgan fingerprint density at radius 1 is 1.09 bits per heavy atom. The van der Waals surface area contributed by atoms with Gasteiger partial charge in [-0.05, 0) is 24.3 Å². The zero-order chi connectivity index (χ0) is 15.4. The zero-order valence-corrected chi connectivity index (χ0v) is 12.7. The molecule has 112 valence electrons. The summed E-state index contributed by atoms with van der Waals surface area (Å²) in [5.74, 6) is -0.405. The van der Waals surface area contributed by atoms with Gasteiger partial charge in [0.2, 0.25) is 5.91 Å². The maximum atomic E-state index is 11.9. The van der Waals surface area contributed by atoms with Crippen molar-refractivity contribution in [1.82, 2.24) is 4.90 Å². The van der Waals surface area contributed by atoms with E-state index < -0.39 is 5.97 Å². The zero-order valence-electron chi connectivity index (χ0n) is 11.8. The van der Waals surface area contributed by atoms with Crippen LogP contribution in [0.2, 0.25) is 0 Å². The highest BCUT2D eigenvalue weighted by atomic mass is 32.2. The van der Waals surface area contributed by atoms with E-state index in [1.807, 2.05) is 36.4 Å². The Hall–Kier alpha value is -2.27.